The van der Waals surface area contributed by atoms with Crippen molar-refractivity contribution in [3.8, 4) is 0 Å². The van der Waals surface area contributed by atoms with Crippen LogP contribution in [-0.4, -0.2) is 31.1 Å². The molecule has 2 heterocycles. The van der Waals surface area contributed by atoms with Crippen LogP contribution in [0.3, 0.4) is 0 Å². The van der Waals surface area contributed by atoms with Gasteiger partial charge in [0.25, 0.3) is 0 Å². The summed E-state index contributed by atoms with van der Waals surface area (Å²) in [6.45, 7) is 5.01. The van der Waals surface area contributed by atoms with Crippen LogP contribution < -0.4 is 5.32 Å². The summed E-state index contributed by atoms with van der Waals surface area (Å²) in [5, 5.41) is 3.55. The molecule has 0 spiro atoms. The topological polar surface area (TPSA) is 15.3 Å². The van der Waals surface area contributed by atoms with Gasteiger partial charge in [0.2, 0.25) is 0 Å². The minimum atomic E-state index is 0.780. The smallest absolute Gasteiger partial charge is 0.0373 e. The van der Waals surface area contributed by atoms with Crippen molar-refractivity contribution in [1.82, 2.24) is 4.90 Å². The molecule has 3 heteroatoms. The number of likely N-dealkylation sites (tertiary alicyclic amines) is 1. The Hall–Kier alpha value is -0.540. The maximum Gasteiger partial charge on any atom is 0.0373 e. The van der Waals surface area contributed by atoms with Crippen LogP contribution >= 0.6 is 15.9 Å². The molecule has 86 valence electrons. The fourth-order valence-electron chi connectivity index (χ4n) is 2.60. The number of hydrogen-bond acceptors (Lipinski definition) is 2. The molecule has 0 aromatic heterocycles. The zero-order chi connectivity index (χ0) is 11.0. The highest BCUT2D eigenvalue weighted by atomic mass is 79.9. The maximum atomic E-state index is 3.55. The largest absolute Gasteiger partial charge is 0.384 e. The molecule has 1 aromatic carbocycles. The van der Waals surface area contributed by atoms with E-state index in [0.29, 0.717) is 0 Å². The van der Waals surface area contributed by atoms with Crippen LogP contribution in [0.2, 0.25) is 0 Å². The molecule has 16 heavy (non-hydrogen) atoms. The minimum absolute atomic E-state index is 0.780. The number of nitrogens with one attached hydrogen (secondary N) is 1. The van der Waals surface area contributed by atoms with Crippen molar-refractivity contribution in [1.29, 1.82) is 0 Å². The molecule has 0 amide bonds. The van der Waals surface area contributed by atoms with E-state index in [2.05, 4.69) is 44.3 Å². The first-order valence-corrected chi connectivity index (χ1v) is 6.85. The van der Waals surface area contributed by atoms with E-state index < -0.39 is 0 Å². The van der Waals surface area contributed by atoms with E-state index in [-0.39, 0.29) is 0 Å². The first-order valence-electron chi connectivity index (χ1n) is 6.06. The molecule has 1 aromatic rings. The van der Waals surface area contributed by atoms with Crippen LogP contribution in [0.5, 0.6) is 0 Å². The lowest BCUT2D eigenvalue weighted by atomic mass is 9.93. The molecule has 2 nitrogen and oxygen atoms in total. The molecule has 1 N–H and O–H groups in total. The summed E-state index contributed by atoms with van der Waals surface area (Å²) in [6.07, 6.45) is 2.61. The predicted octanol–water partition coefficient (Wildman–Crippen LogP) is 2.74. The SMILES string of the molecule is Brc1ccc2c(c1)CC(CN1CCC1)CN2. The lowest BCUT2D eigenvalue weighted by Crippen LogP contribution is -2.43. The number of halogens is 1. The Morgan fingerprint density at radius 3 is 3.00 bits per heavy atom. The van der Waals surface area contributed by atoms with Gasteiger partial charge in [-0.3, -0.25) is 0 Å². The molecule has 0 aliphatic carbocycles. The second-order valence-corrected chi connectivity index (χ2v) is 5.82. The standard InChI is InChI=1S/C13H17BrN2/c14-12-2-3-13-11(7-12)6-10(8-15-13)9-16-4-1-5-16/h2-3,7,10,15H,1,4-6,8-9H2. The third-order valence-electron chi connectivity index (χ3n) is 3.62. The Labute approximate surface area is 105 Å². The van der Waals surface area contributed by atoms with Gasteiger partial charge in [0.1, 0.15) is 0 Å². The zero-order valence-corrected chi connectivity index (χ0v) is 11.0. The van der Waals surface area contributed by atoms with Gasteiger partial charge in [-0.15, -0.1) is 0 Å². The van der Waals surface area contributed by atoms with Gasteiger partial charge in [-0.2, -0.15) is 0 Å². The lowest BCUT2D eigenvalue weighted by molar-refractivity contribution is 0.154. The van der Waals surface area contributed by atoms with Crippen LogP contribution in [0.4, 0.5) is 5.69 Å². The van der Waals surface area contributed by atoms with Gasteiger partial charge in [0.05, 0.1) is 0 Å². The highest BCUT2D eigenvalue weighted by Gasteiger charge is 2.23. The van der Waals surface area contributed by atoms with Gasteiger partial charge in [-0.05, 0) is 55.6 Å². The normalized spacial score (nSPS) is 24.4. The highest BCUT2D eigenvalue weighted by Crippen LogP contribution is 2.28. The fraction of sp³-hybridized carbons (Fsp3) is 0.538. The van der Waals surface area contributed by atoms with E-state index >= 15 is 0 Å². The van der Waals surface area contributed by atoms with Crippen LogP contribution in [0.1, 0.15) is 12.0 Å². The van der Waals surface area contributed by atoms with Crippen molar-refractivity contribution in [3.05, 3.63) is 28.2 Å². The summed E-state index contributed by atoms with van der Waals surface area (Å²) in [6, 6.07) is 6.55. The summed E-state index contributed by atoms with van der Waals surface area (Å²) >= 11 is 3.55. The van der Waals surface area contributed by atoms with E-state index in [9.17, 15) is 0 Å². The van der Waals surface area contributed by atoms with Gasteiger partial charge < -0.3 is 10.2 Å². The number of fused-ring (bicyclic) bond motifs is 1. The van der Waals surface area contributed by atoms with Crippen LogP contribution in [0, 0.1) is 5.92 Å². The molecule has 1 saturated heterocycles. The van der Waals surface area contributed by atoms with Crippen molar-refractivity contribution in [2.24, 2.45) is 5.92 Å². The van der Waals surface area contributed by atoms with E-state index in [0.717, 1.165) is 12.5 Å². The molecule has 1 fully saturated rings. The Bertz CT molecular complexity index is 388. The summed E-state index contributed by atoms with van der Waals surface area (Å²) in [5.74, 6) is 0.780. The fourth-order valence-corrected chi connectivity index (χ4v) is 3.01. The van der Waals surface area contributed by atoms with E-state index in [1.807, 2.05) is 0 Å². The van der Waals surface area contributed by atoms with Crippen LogP contribution in [0.25, 0.3) is 0 Å². The zero-order valence-electron chi connectivity index (χ0n) is 9.38. The van der Waals surface area contributed by atoms with Gasteiger partial charge in [0.15, 0.2) is 0 Å². The van der Waals surface area contributed by atoms with E-state index in [1.54, 1.807) is 0 Å². The third kappa shape index (κ3) is 2.11. The Kier molecular flexibility index (Phi) is 2.90. The number of benzene rings is 1. The van der Waals surface area contributed by atoms with Crippen molar-refractivity contribution < 1.29 is 0 Å². The van der Waals surface area contributed by atoms with Gasteiger partial charge in [-0.25, -0.2) is 0 Å². The summed E-state index contributed by atoms with van der Waals surface area (Å²) < 4.78 is 1.19. The lowest BCUT2D eigenvalue weighted by Gasteiger charge is -2.36. The second kappa shape index (κ2) is 4.38. The van der Waals surface area contributed by atoms with Crippen molar-refractivity contribution >= 4 is 21.6 Å². The monoisotopic (exact) mass is 280 g/mol. The number of hydrogen-bond donors (Lipinski definition) is 1. The number of nitrogens with zero attached hydrogens (tertiary/aromatic N) is 1. The molecule has 1 unspecified atom stereocenters. The third-order valence-corrected chi connectivity index (χ3v) is 4.12. The molecule has 0 saturated carbocycles. The summed E-state index contributed by atoms with van der Waals surface area (Å²) in [7, 11) is 0. The molecule has 0 bridgehead atoms. The summed E-state index contributed by atoms with van der Waals surface area (Å²) in [5.41, 5.74) is 2.79. The molecular formula is C13H17BrN2. The first-order chi connectivity index (χ1) is 7.81. The Morgan fingerprint density at radius 2 is 2.25 bits per heavy atom. The van der Waals surface area contributed by atoms with Crippen LogP contribution in [-0.2, 0) is 6.42 Å². The second-order valence-electron chi connectivity index (χ2n) is 4.91. The molecule has 3 rings (SSSR count). The number of anilines is 1. The molecule has 2 aliphatic heterocycles. The van der Waals surface area contributed by atoms with Crippen molar-refractivity contribution in [2.75, 3.05) is 31.5 Å². The Morgan fingerprint density at radius 1 is 1.38 bits per heavy atom. The van der Waals surface area contributed by atoms with E-state index in [1.165, 1.54) is 48.2 Å². The molecular weight excluding hydrogens is 264 g/mol. The molecule has 2 aliphatic rings. The highest BCUT2D eigenvalue weighted by molar-refractivity contribution is 9.10. The average molecular weight is 281 g/mol. The van der Waals surface area contributed by atoms with Crippen molar-refractivity contribution in [2.45, 2.75) is 12.8 Å². The number of rotatable bonds is 2. The maximum absolute atomic E-state index is 3.55. The Balaban J connectivity index is 1.69. The molecule has 0 radical (unpaired) electrons. The first kappa shape index (κ1) is 10.6. The summed E-state index contributed by atoms with van der Waals surface area (Å²) in [4.78, 5) is 2.56. The average Bonchev–Trinajstić information content (AvgIpc) is 2.23. The van der Waals surface area contributed by atoms with Gasteiger partial charge in [-0.1, -0.05) is 15.9 Å². The minimum Gasteiger partial charge on any atom is -0.384 e. The van der Waals surface area contributed by atoms with Gasteiger partial charge >= 0.3 is 0 Å². The quantitative estimate of drug-likeness (QED) is 0.896. The molecule has 1 atom stereocenters. The predicted molar refractivity (Wildman–Crippen MR) is 70.9 cm³/mol. The van der Waals surface area contributed by atoms with Gasteiger partial charge in [0, 0.05) is 23.2 Å². The van der Waals surface area contributed by atoms with E-state index in [4.69, 9.17) is 0 Å². The van der Waals surface area contributed by atoms with Crippen LogP contribution in [0.15, 0.2) is 22.7 Å². The van der Waals surface area contributed by atoms with Crippen molar-refractivity contribution in [3.63, 3.8) is 0 Å².